The van der Waals surface area contributed by atoms with Crippen molar-refractivity contribution in [3.05, 3.63) is 57.2 Å². The Morgan fingerprint density at radius 2 is 2.19 bits per heavy atom. The molecule has 0 bridgehead atoms. The fourth-order valence-electron chi connectivity index (χ4n) is 2.95. The Balaban J connectivity index is 1.50. The maximum Gasteiger partial charge on any atom is 0.0931 e. The quantitative estimate of drug-likeness (QED) is 0.882. The van der Waals surface area contributed by atoms with Crippen LogP contribution in [0.4, 0.5) is 0 Å². The van der Waals surface area contributed by atoms with E-state index in [9.17, 15) is 0 Å². The first-order valence-electron chi connectivity index (χ1n) is 7.47. The second kappa shape index (κ2) is 6.93. The molecule has 2 unspecified atom stereocenters. The summed E-state index contributed by atoms with van der Waals surface area (Å²) in [4.78, 5) is 2.53. The number of benzene rings is 1. The minimum Gasteiger partial charge on any atom is -0.306 e. The van der Waals surface area contributed by atoms with E-state index in [4.69, 9.17) is 11.6 Å². The highest BCUT2D eigenvalue weighted by molar-refractivity contribution is 7.14. The molecule has 1 aliphatic heterocycles. The topological polar surface area (TPSA) is 15.3 Å². The van der Waals surface area contributed by atoms with Crippen LogP contribution in [0.1, 0.15) is 30.5 Å². The van der Waals surface area contributed by atoms with Gasteiger partial charge in [0.25, 0.3) is 0 Å². The zero-order valence-corrected chi connectivity index (χ0v) is 13.8. The van der Waals surface area contributed by atoms with Crippen LogP contribution < -0.4 is 5.32 Å². The zero-order chi connectivity index (χ0) is 14.7. The van der Waals surface area contributed by atoms with Gasteiger partial charge in [0.2, 0.25) is 0 Å². The Hall–Kier alpha value is -0.870. The number of rotatable bonds is 5. The summed E-state index contributed by atoms with van der Waals surface area (Å²) in [5.41, 5.74) is 2.70. The molecular weight excluding hydrogens is 300 g/mol. The second-order valence-electron chi connectivity index (χ2n) is 5.78. The summed E-state index contributed by atoms with van der Waals surface area (Å²) in [5.74, 6) is 0. The number of hydrogen-bond donors (Lipinski definition) is 1. The molecule has 2 atom stereocenters. The first kappa shape index (κ1) is 15.0. The molecule has 1 saturated heterocycles. The van der Waals surface area contributed by atoms with E-state index in [0.717, 1.165) is 17.4 Å². The molecule has 0 radical (unpaired) electrons. The summed E-state index contributed by atoms with van der Waals surface area (Å²) >= 11 is 7.63. The summed E-state index contributed by atoms with van der Waals surface area (Å²) < 4.78 is 0.871. The van der Waals surface area contributed by atoms with Gasteiger partial charge in [-0.2, -0.15) is 0 Å². The Kier molecular flexibility index (Phi) is 4.96. The van der Waals surface area contributed by atoms with Crippen LogP contribution in [0.3, 0.4) is 0 Å². The SMILES string of the molecule is CC(NC1CCN(Cc2ccccc2)C1)c1csc(Cl)c1. The molecule has 1 fully saturated rings. The maximum absolute atomic E-state index is 6.02. The van der Waals surface area contributed by atoms with Crippen molar-refractivity contribution in [2.45, 2.75) is 32.0 Å². The van der Waals surface area contributed by atoms with E-state index in [1.54, 1.807) is 11.3 Å². The molecule has 2 aromatic rings. The first-order chi connectivity index (χ1) is 10.2. The van der Waals surface area contributed by atoms with E-state index in [2.05, 4.69) is 58.9 Å². The average Bonchev–Trinajstić information content (AvgIpc) is 3.09. The fraction of sp³-hybridized carbons (Fsp3) is 0.412. The highest BCUT2D eigenvalue weighted by atomic mass is 35.5. The molecule has 2 heterocycles. The Bertz CT molecular complexity index is 569. The Morgan fingerprint density at radius 1 is 1.38 bits per heavy atom. The van der Waals surface area contributed by atoms with Crippen molar-refractivity contribution in [3.63, 3.8) is 0 Å². The third-order valence-corrected chi connectivity index (χ3v) is 5.20. The molecule has 1 aromatic heterocycles. The summed E-state index contributed by atoms with van der Waals surface area (Å²) in [5, 5.41) is 5.88. The monoisotopic (exact) mass is 320 g/mol. The van der Waals surface area contributed by atoms with Crippen molar-refractivity contribution in [1.82, 2.24) is 10.2 Å². The first-order valence-corrected chi connectivity index (χ1v) is 8.73. The number of nitrogens with one attached hydrogen (secondary N) is 1. The van der Waals surface area contributed by atoms with Gasteiger partial charge in [-0.1, -0.05) is 41.9 Å². The lowest BCUT2D eigenvalue weighted by Crippen LogP contribution is -2.34. The van der Waals surface area contributed by atoms with Crippen LogP contribution in [0, 0.1) is 0 Å². The standard InChI is InChI=1S/C17H21ClN2S/c1-13(15-9-17(18)21-12-15)19-16-7-8-20(11-16)10-14-5-3-2-4-6-14/h2-6,9,12-13,16,19H,7-8,10-11H2,1H3. The van der Waals surface area contributed by atoms with Crippen molar-refractivity contribution in [3.8, 4) is 0 Å². The Morgan fingerprint density at radius 3 is 2.90 bits per heavy atom. The van der Waals surface area contributed by atoms with Crippen LogP contribution in [0.15, 0.2) is 41.8 Å². The molecule has 4 heteroatoms. The lowest BCUT2D eigenvalue weighted by molar-refractivity contribution is 0.316. The highest BCUT2D eigenvalue weighted by Gasteiger charge is 2.24. The molecule has 1 N–H and O–H groups in total. The second-order valence-corrected chi connectivity index (χ2v) is 7.32. The normalized spacial score (nSPS) is 20.8. The predicted octanol–water partition coefficient (Wildman–Crippen LogP) is 4.33. The minimum atomic E-state index is 0.371. The van der Waals surface area contributed by atoms with Crippen molar-refractivity contribution in [1.29, 1.82) is 0 Å². The third kappa shape index (κ3) is 4.07. The van der Waals surface area contributed by atoms with Gasteiger partial charge in [0, 0.05) is 31.7 Å². The molecule has 1 aromatic carbocycles. The molecule has 0 aliphatic carbocycles. The fourth-order valence-corrected chi connectivity index (χ4v) is 3.94. The van der Waals surface area contributed by atoms with Gasteiger partial charge < -0.3 is 5.32 Å². The summed E-state index contributed by atoms with van der Waals surface area (Å²) in [6, 6.07) is 13.7. The van der Waals surface area contributed by atoms with E-state index in [-0.39, 0.29) is 0 Å². The van der Waals surface area contributed by atoms with Crippen molar-refractivity contribution >= 4 is 22.9 Å². The summed E-state index contributed by atoms with van der Waals surface area (Å²) in [6.07, 6.45) is 1.22. The maximum atomic E-state index is 6.02. The lowest BCUT2D eigenvalue weighted by Gasteiger charge is -2.20. The van der Waals surface area contributed by atoms with E-state index in [1.165, 1.54) is 24.1 Å². The van der Waals surface area contributed by atoms with Gasteiger partial charge in [0.05, 0.1) is 4.34 Å². The van der Waals surface area contributed by atoms with E-state index < -0.39 is 0 Å². The zero-order valence-electron chi connectivity index (χ0n) is 12.3. The van der Waals surface area contributed by atoms with Crippen LogP contribution in [0.5, 0.6) is 0 Å². The molecule has 0 amide bonds. The van der Waals surface area contributed by atoms with Gasteiger partial charge in [0.15, 0.2) is 0 Å². The highest BCUT2D eigenvalue weighted by Crippen LogP contribution is 2.25. The lowest BCUT2D eigenvalue weighted by atomic mass is 10.1. The molecule has 21 heavy (non-hydrogen) atoms. The van der Waals surface area contributed by atoms with Gasteiger partial charge in [-0.25, -0.2) is 0 Å². The van der Waals surface area contributed by atoms with Gasteiger partial charge >= 0.3 is 0 Å². The number of thiophene rings is 1. The van der Waals surface area contributed by atoms with Crippen LogP contribution in [0.2, 0.25) is 4.34 Å². The number of halogens is 1. The number of nitrogens with zero attached hydrogens (tertiary/aromatic N) is 1. The molecule has 1 aliphatic rings. The van der Waals surface area contributed by atoms with Crippen molar-refractivity contribution in [2.75, 3.05) is 13.1 Å². The van der Waals surface area contributed by atoms with E-state index in [1.807, 2.05) is 0 Å². The number of likely N-dealkylation sites (tertiary alicyclic amines) is 1. The molecule has 0 saturated carbocycles. The molecule has 112 valence electrons. The van der Waals surface area contributed by atoms with Crippen LogP contribution >= 0.6 is 22.9 Å². The number of hydrogen-bond acceptors (Lipinski definition) is 3. The third-order valence-electron chi connectivity index (χ3n) is 4.09. The molecular formula is C17H21ClN2S. The Labute approximate surface area is 135 Å². The predicted molar refractivity (Wildman–Crippen MR) is 91.0 cm³/mol. The molecule has 3 rings (SSSR count). The summed E-state index contributed by atoms with van der Waals surface area (Å²) in [6.45, 7) is 5.57. The minimum absolute atomic E-state index is 0.371. The largest absolute Gasteiger partial charge is 0.306 e. The van der Waals surface area contributed by atoms with Gasteiger partial charge in [0.1, 0.15) is 0 Å². The molecule has 0 spiro atoms. The summed E-state index contributed by atoms with van der Waals surface area (Å²) in [7, 11) is 0. The van der Waals surface area contributed by atoms with Crippen molar-refractivity contribution in [2.24, 2.45) is 0 Å². The van der Waals surface area contributed by atoms with Crippen LogP contribution in [0.25, 0.3) is 0 Å². The van der Waals surface area contributed by atoms with E-state index >= 15 is 0 Å². The smallest absolute Gasteiger partial charge is 0.0931 e. The van der Waals surface area contributed by atoms with Crippen molar-refractivity contribution < 1.29 is 0 Å². The van der Waals surface area contributed by atoms with Crippen LogP contribution in [-0.4, -0.2) is 24.0 Å². The van der Waals surface area contributed by atoms with Gasteiger partial charge in [-0.3, -0.25) is 4.90 Å². The average molecular weight is 321 g/mol. The van der Waals surface area contributed by atoms with Crippen LogP contribution in [-0.2, 0) is 6.54 Å². The van der Waals surface area contributed by atoms with E-state index in [0.29, 0.717) is 12.1 Å². The van der Waals surface area contributed by atoms with Gasteiger partial charge in [-0.15, -0.1) is 11.3 Å². The molecule has 2 nitrogen and oxygen atoms in total. The van der Waals surface area contributed by atoms with Gasteiger partial charge in [-0.05, 0) is 35.9 Å².